The number of aromatic nitrogens is 2. The van der Waals surface area contributed by atoms with E-state index < -0.39 is 109 Å². The van der Waals surface area contributed by atoms with Gasteiger partial charge >= 0.3 is 5.97 Å². The number of aliphatic hydroxyl groups is 1. The molecular formula is C53H57FN10O13. The van der Waals surface area contributed by atoms with Crippen LogP contribution in [0.15, 0.2) is 59.4 Å². The zero-order chi connectivity index (χ0) is 55.1. The smallest absolute Gasteiger partial charge is 0.343 e. The zero-order valence-corrected chi connectivity index (χ0v) is 42.2. The van der Waals surface area contributed by atoms with Crippen LogP contribution in [0.4, 0.5) is 4.39 Å². The summed E-state index contributed by atoms with van der Waals surface area (Å²) >= 11 is 0. The largest absolute Gasteiger partial charge is 0.458 e. The maximum Gasteiger partial charge on any atom is 0.343 e. The van der Waals surface area contributed by atoms with Crippen molar-refractivity contribution in [3.8, 4) is 11.4 Å². The van der Waals surface area contributed by atoms with E-state index in [-0.39, 0.29) is 67.4 Å². The number of amides is 9. The summed E-state index contributed by atoms with van der Waals surface area (Å²) in [5.74, 6) is -6.80. The minimum absolute atomic E-state index is 0.00866. The first kappa shape index (κ1) is 54.6. The second-order valence-electron chi connectivity index (χ2n) is 19.1. The van der Waals surface area contributed by atoms with Gasteiger partial charge in [0.25, 0.3) is 17.4 Å². The van der Waals surface area contributed by atoms with Crippen molar-refractivity contribution in [2.45, 2.75) is 96.1 Å². The van der Waals surface area contributed by atoms with Crippen LogP contribution in [0, 0.1) is 12.7 Å². The zero-order valence-electron chi connectivity index (χ0n) is 42.2. The number of halogens is 1. The number of hydrogen-bond acceptors (Lipinski definition) is 14. The van der Waals surface area contributed by atoms with E-state index in [1.807, 2.05) is 0 Å². The summed E-state index contributed by atoms with van der Waals surface area (Å²) in [5, 5.41) is 29.6. The first-order valence-corrected chi connectivity index (χ1v) is 25.2. The number of nitrogens with one attached hydrogen (secondary N) is 7. The van der Waals surface area contributed by atoms with Crippen LogP contribution in [0.25, 0.3) is 22.3 Å². The van der Waals surface area contributed by atoms with Crippen LogP contribution in [0.2, 0.25) is 0 Å². The Labute approximate surface area is 439 Å². The van der Waals surface area contributed by atoms with Gasteiger partial charge in [-0.05, 0) is 67.3 Å². The summed E-state index contributed by atoms with van der Waals surface area (Å²) in [6.07, 6.45) is 4.67. The van der Waals surface area contributed by atoms with Crippen LogP contribution < -0.4 is 42.8 Å². The van der Waals surface area contributed by atoms with Crippen molar-refractivity contribution in [1.29, 1.82) is 0 Å². The summed E-state index contributed by atoms with van der Waals surface area (Å²) in [6, 6.07) is 9.63. The molecule has 3 aliphatic heterocycles. The molecule has 8 rings (SSSR count). The number of hydrogen-bond donors (Lipinski definition) is 8. The number of fused-ring (bicyclic) bond motifs is 5. The van der Waals surface area contributed by atoms with Crippen molar-refractivity contribution >= 4 is 70.0 Å². The number of pyridine rings is 2. The van der Waals surface area contributed by atoms with E-state index in [1.54, 1.807) is 50.2 Å². The van der Waals surface area contributed by atoms with Gasteiger partial charge in [0.05, 0.1) is 67.8 Å². The molecule has 3 atom stereocenters. The van der Waals surface area contributed by atoms with Gasteiger partial charge in [0.15, 0.2) is 5.60 Å². The second-order valence-corrected chi connectivity index (χ2v) is 19.1. The van der Waals surface area contributed by atoms with Gasteiger partial charge in [-0.2, -0.15) is 0 Å². The highest BCUT2D eigenvalue weighted by Crippen LogP contribution is 2.46. The Hall–Kier alpha value is -8.67. The van der Waals surface area contributed by atoms with Crippen molar-refractivity contribution in [3.05, 3.63) is 110 Å². The number of unbranched alkanes of at least 4 members (excludes halogenated alkanes) is 2. The van der Waals surface area contributed by atoms with Gasteiger partial charge in [0.2, 0.25) is 41.4 Å². The number of ether oxygens (including phenoxy) is 1. The lowest BCUT2D eigenvalue weighted by atomic mass is 9.81. The minimum atomic E-state index is -2.07. The number of aryl methyl sites for hydroxylation is 1. The predicted octanol–water partition coefficient (Wildman–Crippen LogP) is -0.575. The molecule has 77 heavy (non-hydrogen) atoms. The van der Waals surface area contributed by atoms with Gasteiger partial charge in [-0.25, -0.2) is 14.2 Å². The normalized spacial score (nSPS) is 17.1. The molecular weight excluding hydrogens is 1000 g/mol. The number of carbonyl (C=O) groups excluding carboxylic acids is 10. The Balaban J connectivity index is 0.801. The van der Waals surface area contributed by atoms with Crippen LogP contribution in [0.5, 0.6) is 0 Å². The summed E-state index contributed by atoms with van der Waals surface area (Å²) in [4.78, 5) is 146. The molecule has 4 aromatic rings. The third-order valence-electron chi connectivity index (χ3n) is 14.0. The molecule has 23 nitrogen and oxygen atoms in total. The molecule has 2 aromatic heterocycles. The summed E-state index contributed by atoms with van der Waals surface area (Å²) in [5.41, 5.74) is 1.59. The number of carbonyl (C=O) groups is 10. The van der Waals surface area contributed by atoms with Gasteiger partial charge < -0.3 is 51.6 Å². The Morgan fingerprint density at radius 1 is 0.792 bits per heavy atom. The molecule has 0 fully saturated rings. The van der Waals surface area contributed by atoms with E-state index in [2.05, 4.69) is 37.2 Å². The molecule has 0 radical (unpaired) electrons. The summed E-state index contributed by atoms with van der Waals surface area (Å²) in [6.45, 7) is 0.545. The van der Waals surface area contributed by atoms with E-state index in [0.717, 1.165) is 4.90 Å². The van der Waals surface area contributed by atoms with Crippen molar-refractivity contribution in [1.82, 2.24) is 51.7 Å². The molecule has 5 heterocycles. The minimum Gasteiger partial charge on any atom is -0.458 e. The molecule has 0 unspecified atom stereocenters. The predicted molar refractivity (Wildman–Crippen MR) is 270 cm³/mol. The van der Waals surface area contributed by atoms with Crippen molar-refractivity contribution in [3.63, 3.8) is 0 Å². The molecule has 0 spiro atoms. The molecule has 404 valence electrons. The number of cyclic esters (lactones) is 1. The van der Waals surface area contributed by atoms with Crippen LogP contribution >= 0.6 is 0 Å². The summed E-state index contributed by atoms with van der Waals surface area (Å²) < 4.78 is 22.0. The Kier molecular flexibility index (Phi) is 16.6. The lowest BCUT2D eigenvalue weighted by molar-refractivity contribution is -0.172. The number of esters is 1. The van der Waals surface area contributed by atoms with Crippen molar-refractivity contribution < 1.29 is 62.2 Å². The third-order valence-corrected chi connectivity index (χ3v) is 14.0. The first-order valence-electron chi connectivity index (χ1n) is 25.2. The topological polar surface area (TPSA) is 322 Å². The lowest BCUT2D eigenvalue weighted by Crippen LogP contribution is -2.52. The highest BCUT2D eigenvalue weighted by molar-refractivity contribution is 6.12. The molecule has 24 heteroatoms. The SMILES string of the molecule is CC[C@@]1(O)C(=O)OCc2c1cc1n(c2=O)Cc2c-1nc1cc(F)c(C)c3c1c2[C@@H](NC(=O)CNC(=O)CNC(=O)CNC(=O)[C@H](Cc1ccccc1)NC(=O)CNC(=O)CNC(=O)CCCCCN1C(=O)C=CC1=O)CC3. The molecule has 0 saturated carbocycles. The van der Waals surface area contributed by atoms with E-state index in [4.69, 9.17) is 9.72 Å². The van der Waals surface area contributed by atoms with Crippen LogP contribution in [-0.4, -0.2) is 124 Å². The van der Waals surface area contributed by atoms with Crippen LogP contribution in [0.1, 0.15) is 90.4 Å². The Morgan fingerprint density at radius 3 is 2.10 bits per heavy atom. The lowest BCUT2D eigenvalue weighted by Gasteiger charge is -2.31. The number of benzene rings is 2. The Bertz CT molecular complexity index is 3200. The molecule has 8 N–H and O–H groups in total. The average molecular weight is 1060 g/mol. The average Bonchev–Trinajstić information content (AvgIpc) is 4.15. The molecule has 0 bridgehead atoms. The third kappa shape index (κ3) is 12.1. The molecule has 4 aliphatic rings. The monoisotopic (exact) mass is 1060 g/mol. The fraction of sp³-hybridized carbons (Fsp3) is 0.396. The maximum atomic E-state index is 15.4. The molecule has 0 saturated heterocycles. The van der Waals surface area contributed by atoms with Gasteiger partial charge in [-0.3, -0.25) is 52.8 Å². The van der Waals surface area contributed by atoms with E-state index in [0.29, 0.717) is 76.7 Å². The van der Waals surface area contributed by atoms with E-state index in [9.17, 15) is 57.8 Å². The highest BCUT2D eigenvalue weighted by Gasteiger charge is 2.46. The second kappa shape index (κ2) is 23.5. The Morgan fingerprint density at radius 2 is 1.43 bits per heavy atom. The standard InChI is InChI=1S/C53H57FN10O13/c1-3-53(76)33-19-38-49-31(26-64(38)51(74)32(33)27-77-52(53)75)48-35(14-13-30-28(2)34(54)20-36(62-49)47(30)48)60-43(69)24-57-41(67)22-56-42(68)23-59-50(73)37(18-29-10-6-4-7-11-29)61-44(70)25-58-40(66)21-55-39(65)12-8-5-9-17-63-45(71)15-16-46(63)72/h4,6-7,10-11,15-16,19-20,35,37,76H,3,5,8-9,12-14,17-18,21-27H2,1-2H3,(H,55,65)(H,56,68)(H,57,67)(H,58,66)(H,59,73)(H,60,69)(H,61,70)/t35-,37-,53-/m0/s1. The van der Waals surface area contributed by atoms with Crippen molar-refractivity contribution in [2.24, 2.45) is 0 Å². The van der Waals surface area contributed by atoms with Gasteiger partial charge in [-0.15, -0.1) is 0 Å². The van der Waals surface area contributed by atoms with Gasteiger partial charge in [0.1, 0.15) is 18.5 Å². The van der Waals surface area contributed by atoms with Crippen LogP contribution in [-0.2, 0) is 84.3 Å². The fourth-order valence-electron chi connectivity index (χ4n) is 9.91. The van der Waals surface area contributed by atoms with E-state index in [1.165, 1.54) is 22.8 Å². The molecule has 1 aliphatic carbocycles. The molecule has 9 amide bonds. The highest BCUT2D eigenvalue weighted by atomic mass is 19.1. The maximum absolute atomic E-state index is 15.4. The fourth-order valence-corrected chi connectivity index (χ4v) is 9.91. The van der Waals surface area contributed by atoms with Crippen LogP contribution in [0.3, 0.4) is 0 Å². The summed E-state index contributed by atoms with van der Waals surface area (Å²) in [7, 11) is 0. The van der Waals surface area contributed by atoms with E-state index >= 15 is 4.39 Å². The number of rotatable bonds is 22. The number of imide groups is 1. The first-order chi connectivity index (χ1) is 36.9. The molecule has 2 aromatic carbocycles. The van der Waals surface area contributed by atoms with Crippen molar-refractivity contribution in [2.75, 3.05) is 39.3 Å². The van der Waals surface area contributed by atoms with Gasteiger partial charge in [0, 0.05) is 54.1 Å². The van der Waals surface area contributed by atoms with Gasteiger partial charge in [-0.1, -0.05) is 43.7 Å². The number of nitrogens with zero attached hydrogens (tertiary/aromatic N) is 3. The quantitative estimate of drug-likeness (QED) is 0.0245.